The molecule has 1 heterocycles. The Morgan fingerprint density at radius 1 is 1.29 bits per heavy atom. The maximum Gasteiger partial charge on any atom is 0.321 e. The molecular weight excluding hydrogens is 304 g/mol. The number of aliphatic hydroxyl groups excluding tert-OH is 1. The van der Waals surface area contributed by atoms with E-state index in [9.17, 15) is 4.79 Å². The number of urea groups is 1. The third-order valence-electron chi connectivity index (χ3n) is 3.39. The first-order valence-electron chi connectivity index (χ1n) is 8.16. The van der Waals surface area contributed by atoms with Crippen LogP contribution in [0.1, 0.15) is 27.2 Å². The molecule has 0 saturated heterocycles. The first-order chi connectivity index (χ1) is 11.4. The van der Waals surface area contributed by atoms with Gasteiger partial charge in [0.15, 0.2) is 0 Å². The van der Waals surface area contributed by atoms with E-state index in [0.717, 1.165) is 5.69 Å². The highest BCUT2D eigenvalue weighted by Gasteiger charge is 2.21. The van der Waals surface area contributed by atoms with Gasteiger partial charge in [0.05, 0.1) is 23.8 Å². The van der Waals surface area contributed by atoms with Crippen LogP contribution < -0.4 is 5.32 Å². The van der Waals surface area contributed by atoms with Crippen LogP contribution in [0.15, 0.2) is 42.7 Å². The topological polar surface area (TPSA) is 70.4 Å². The normalized spacial score (nSPS) is 11.3. The predicted molar refractivity (Wildman–Crippen MR) is 95.3 cm³/mol. The molecule has 6 nitrogen and oxygen atoms in total. The van der Waals surface area contributed by atoms with E-state index in [1.54, 1.807) is 22.0 Å². The van der Waals surface area contributed by atoms with Crippen molar-refractivity contribution in [3.05, 3.63) is 42.7 Å². The summed E-state index contributed by atoms with van der Waals surface area (Å²) in [5, 5.41) is 16.2. The Labute approximate surface area is 143 Å². The summed E-state index contributed by atoms with van der Waals surface area (Å²) in [6.07, 6.45) is 3.98. The maximum absolute atomic E-state index is 12.5. The molecule has 0 bridgehead atoms. The number of nitrogens with zero attached hydrogens (tertiary/aromatic N) is 3. The Balaban J connectivity index is 2.05. The van der Waals surface area contributed by atoms with Gasteiger partial charge in [0.2, 0.25) is 0 Å². The van der Waals surface area contributed by atoms with E-state index in [2.05, 4.69) is 31.2 Å². The summed E-state index contributed by atoms with van der Waals surface area (Å²) < 4.78 is 1.72. The predicted octanol–water partition coefficient (Wildman–Crippen LogP) is 3.13. The molecule has 0 aliphatic carbocycles. The Kier molecular flexibility index (Phi) is 5.98. The van der Waals surface area contributed by atoms with Crippen LogP contribution in [-0.4, -0.2) is 45.5 Å². The number of anilines is 1. The van der Waals surface area contributed by atoms with Crippen LogP contribution in [0.5, 0.6) is 0 Å². The lowest BCUT2D eigenvalue weighted by Crippen LogP contribution is -2.41. The molecule has 0 radical (unpaired) electrons. The van der Waals surface area contributed by atoms with Gasteiger partial charge in [-0.15, -0.1) is 0 Å². The molecule has 0 atom stereocenters. The number of carbonyl (C=O) groups is 1. The van der Waals surface area contributed by atoms with E-state index >= 15 is 0 Å². The minimum atomic E-state index is -0.175. The maximum atomic E-state index is 12.5. The van der Waals surface area contributed by atoms with Gasteiger partial charge in [-0.25, -0.2) is 9.48 Å². The number of aliphatic hydroxyl groups is 1. The van der Waals surface area contributed by atoms with E-state index < -0.39 is 0 Å². The van der Waals surface area contributed by atoms with Crippen molar-refractivity contribution in [2.45, 2.75) is 27.2 Å². The van der Waals surface area contributed by atoms with Crippen molar-refractivity contribution in [1.29, 1.82) is 0 Å². The van der Waals surface area contributed by atoms with Gasteiger partial charge in [-0.3, -0.25) is 0 Å². The zero-order valence-electron chi connectivity index (χ0n) is 14.6. The summed E-state index contributed by atoms with van der Waals surface area (Å²) >= 11 is 0. The molecule has 0 unspecified atom stereocenters. The Morgan fingerprint density at radius 2 is 2.00 bits per heavy atom. The van der Waals surface area contributed by atoms with Crippen LogP contribution >= 0.6 is 0 Å². The summed E-state index contributed by atoms with van der Waals surface area (Å²) in [5.41, 5.74) is 1.57. The van der Waals surface area contributed by atoms with Gasteiger partial charge in [0, 0.05) is 19.7 Å². The number of hydrogen-bond donors (Lipinski definition) is 2. The highest BCUT2D eigenvalue weighted by molar-refractivity contribution is 5.89. The monoisotopic (exact) mass is 330 g/mol. The van der Waals surface area contributed by atoms with E-state index in [1.807, 2.05) is 30.3 Å². The second kappa shape index (κ2) is 7.97. The Morgan fingerprint density at radius 3 is 2.62 bits per heavy atom. The average Bonchev–Trinajstić information content (AvgIpc) is 2.99. The molecule has 0 fully saturated rings. The average molecular weight is 330 g/mol. The fourth-order valence-corrected chi connectivity index (χ4v) is 2.40. The third kappa shape index (κ3) is 5.38. The lowest BCUT2D eigenvalue weighted by atomic mass is 9.96. The lowest BCUT2D eigenvalue weighted by Gasteiger charge is -2.29. The molecule has 0 aliphatic rings. The van der Waals surface area contributed by atoms with Gasteiger partial charge >= 0.3 is 6.03 Å². The van der Waals surface area contributed by atoms with Crippen molar-refractivity contribution >= 4 is 11.7 Å². The number of para-hydroxylation sites is 1. The second-order valence-corrected chi connectivity index (χ2v) is 7.00. The lowest BCUT2D eigenvalue weighted by molar-refractivity contribution is 0.176. The number of hydrogen-bond acceptors (Lipinski definition) is 3. The highest BCUT2D eigenvalue weighted by atomic mass is 16.3. The quantitative estimate of drug-likeness (QED) is 0.855. The number of rotatable bonds is 6. The van der Waals surface area contributed by atoms with Crippen molar-refractivity contribution < 1.29 is 9.90 Å². The minimum absolute atomic E-state index is 0.0129. The van der Waals surface area contributed by atoms with Gasteiger partial charge in [0.1, 0.15) is 0 Å². The molecule has 0 aliphatic heterocycles. The molecule has 6 heteroatoms. The van der Waals surface area contributed by atoms with Gasteiger partial charge in [0.25, 0.3) is 0 Å². The van der Waals surface area contributed by atoms with Crippen LogP contribution in [0.2, 0.25) is 0 Å². The fraction of sp³-hybridized carbons (Fsp3) is 0.444. The largest absolute Gasteiger partial charge is 0.396 e. The van der Waals surface area contributed by atoms with Gasteiger partial charge in [-0.1, -0.05) is 39.0 Å². The molecule has 24 heavy (non-hydrogen) atoms. The molecule has 2 N–H and O–H groups in total. The molecule has 2 aromatic rings. The zero-order chi connectivity index (χ0) is 17.6. The molecule has 0 saturated carbocycles. The highest BCUT2D eigenvalue weighted by Crippen LogP contribution is 2.17. The summed E-state index contributed by atoms with van der Waals surface area (Å²) in [6.45, 7) is 7.46. The van der Waals surface area contributed by atoms with Crippen LogP contribution in [-0.2, 0) is 0 Å². The molecule has 130 valence electrons. The number of carbonyl (C=O) groups excluding carboxylic acids is 1. The van der Waals surface area contributed by atoms with Gasteiger partial charge < -0.3 is 15.3 Å². The van der Waals surface area contributed by atoms with Crippen molar-refractivity contribution in [1.82, 2.24) is 14.7 Å². The SMILES string of the molecule is CC(C)(C)CN(CCCO)C(=O)Nc1cnn(-c2ccccc2)c1. The van der Waals surface area contributed by atoms with Crippen LogP contribution in [0.3, 0.4) is 0 Å². The second-order valence-electron chi connectivity index (χ2n) is 7.00. The first kappa shape index (κ1) is 18.0. The molecule has 2 amide bonds. The summed E-state index contributed by atoms with van der Waals surface area (Å²) in [7, 11) is 0. The number of nitrogens with one attached hydrogen (secondary N) is 1. The summed E-state index contributed by atoms with van der Waals surface area (Å²) in [5.74, 6) is 0. The molecule has 1 aromatic carbocycles. The van der Waals surface area contributed by atoms with Crippen LogP contribution in [0.25, 0.3) is 5.69 Å². The minimum Gasteiger partial charge on any atom is -0.396 e. The smallest absolute Gasteiger partial charge is 0.321 e. The molecule has 2 rings (SSSR count). The summed E-state index contributed by atoms with van der Waals surface area (Å²) in [4.78, 5) is 14.3. The van der Waals surface area contributed by atoms with Crippen molar-refractivity contribution in [2.75, 3.05) is 25.0 Å². The molecule has 0 spiro atoms. The first-order valence-corrected chi connectivity index (χ1v) is 8.16. The number of benzene rings is 1. The summed E-state index contributed by atoms with van der Waals surface area (Å²) in [6, 6.07) is 9.55. The standard InChI is InChI=1S/C18H26N4O2/c1-18(2,3)14-21(10-7-11-23)17(24)20-15-12-19-22(13-15)16-8-5-4-6-9-16/h4-6,8-9,12-13,23H,7,10-11,14H2,1-3H3,(H,20,24). The molecule has 1 aromatic heterocycles. The number of aromatic nitrogens is 2. The van der Waals surface area contributed by atoms with Gasteiger partial charge in [-0.05, 0) is 24.0 Å². The molecular formula is C18H26N4O2. The third-order valence-corrected chi connectivity index (χ3v) is 3.39. The van der Waals surface area contributed by atoms with Crippen LogP contribution in [0, 0.1) is 5.41 Å². The Hall–Kier alpha value is -2.34. The van der Waals surface area contributed by atoms with E-state index in [0.29, 0.717) is 25.2 Å². The van der Waals surface area contributed by atoms with Crippen LogP contribution in [0.4, 0.5) is 10.5 Å². The van der Waals surface area contributed by atoms with E-state index in [4.69, 9.17) is 5.11 Å². The Bertz CT molecular complexity index is 647. The van der Waals surface area contributed by atoms with Crippen molar-refractivity contribution in [2.24, 2.45) is 5.41 Å². The van der Waals surface area contributed by atoms with Gasteiger partial charge in [-0.2, -0.15) is 5.10 Å². The van der Waals surface area contributed by atoms with E-state index in [-0.39, 0.29) is 18.1 Å². The fourth-order valence-electron chi connectivity index (χ4n) is 2.40. The van der Waals surface area contributed by atoms with Crippen molar-refractivity contribution in [3.8, 4) is 5.69 Å². The number of amides is 2. The zero-order valence-corrected chi connectivity index (χ0v) is 14.6. The van der Waals surface area contributed by atoms with Crippen molar-refractivity contribution in [3.63, 3.8) is 0 Å². The van der Waals surface area contributed by atoms with E-state index in [1.165, 1.54) is 0 Å².